The highest BCUT2D eigenvalue weighted by atomic mass is 16.2. The Morgan fingerprint density at radius 2 is 2.04 bits per heavy atom. The number of benzene rings is 1. The minimum atomic E-state index is 0.0693. The molecule has 1 unspecified atom stereocenters. The van der Waals surface area contributed by atoms with Crippen LogP contribution < -0.4 is 0 Å². The van der Waals surface area contributed by atoms with E-state index >= 15 is 0 Å². The molecule has 1 saturated heterocycles. The number of amides is 2. The Labute approximate surface area is 141 Å². The molecule has 1 N–H and O–H groups in total. The number of H-pyrrole nitrogens is 1. The van der Waals surface area contributed by atoms with Crippen LogP contribution in [0.3, 0.4) is 0 Å². The van der Waals surface area contributed by atoms with Crippen molar-refractivity contribution >= 4 is 23.2 Å². The van der Waals surface area contributed by atoms with Gasteiger partial charge >= 0.3 is 0 Å². The maximum absolute atomic E-state index is 12.9. The second-order valence-electron chi connectivity index (χ2n) is 7.04. The van der Waals surface area contributed by atoms with Crippen LogP contribution in [-0.2, 0) is 22.4 Å². The molecule has 0 bridgehead atoms. The number of hydrogen-bond donors (Lipinski definition) is 1. The molecule has 1 atom stereocenters. The summed E-state index contributed by atoms with van der Waals surface area (Å²) in [6.07, 6.45) is 3.55. The number of carbonyl (C=O) groups excluding carboxylic acids is 2. The van der Waals surface area contributed by atoms with Crippen LogP contribution in [0.1, 0.15) is 23.2 Å². The molecule has 1 fully saturated rings. The number of aromatic nitrogens is 1. The number of piperazine rings is 1. The lowest BCUT2D eigenvalue weighted by Gasteiger charge is -2.35. The van der Waals surface area contributed by atoms with E-state index < -0.39 is 0 Å². The normalized spacial score (nSPS) is 21.0. The molecule has 2 aromatic rings. The summed E-state index contributed by atoms with van der Waals surface area (Å²) < 4.78 is 0. The first-order chi connectivity index (χ1) is 11.7. The Morgan fingerprint density at radius 1 is 1.25 bits per heavy atom. The molecule has 0 spiro atoms. The van der Waals surface area contributed by atoms with Crippen molar-refractivity contribution in [2.24, 2.45) is 5.92 Å². The summed E-state index contributed by atoms with van der Waals surface area (Å²) in [7, 11) is 0. The SMILES string of the molecule is Cc1ccc2[nH]c3c(c2c1)CC(C(=O)N1CCN(C=O)CC1)CC3. The standard InChI is InChI=1S/C19H23N3O2/c1-13-2-4-17-15(10-13)16-11-14(3-5-18(16)20-17)19(24)22-8-6-21(12-23)7-9-22/h2,4,10,12,14,20H,3,5-9,11H2,1H3. The molecule has 2 amide bonds. The molecule has 1 aromatic heterocycles. The van der Waals surface area contributed by atoms with Crippen LogP contribution in [0.4, 0.5) is 0 Å². The number of aryl methyl sites for hydroxylation is 2. The average Bonchev–Trinajstić information content (AvgIpc) is 2.98. The maximum Gasteiger partial charge on any atom is 0.226 e. The first kappa shape index (κ1) is 15.2. The summed E-state index contributed by atoms with van der Waals surface area (Å²) in [6.45, 7) is 4.73. The molecule has 5 heteroatoms. The van der Waals surface area contributed by atoms with Crippen molar-refractivity contribution in [3.63, 3.8) is 0 Å². The monoisotopic (exact) mass is 325 g/mol. The molecule has 0 saturated carbocycles. The highest BCUT2D eigenvalue weighted by Crippen LogP contribution is 2.33. The van der Waals surface area contributed by atoms with Crippen LogP contribution >= 0.6 is 0 Å². The molecular weight excluding hydrogens is 302 g/mol. The average molecular weight is 325 g/mol. The highest BCUT2D eigenvalue weighted by Gasteiger charge is 2.31. The number of hydrogen-bond acceptors (Lipinski definition) is 2. The van der Waals surface area contributed by atoms with Crippen LogP contribution in [0, 0.1) is 12.8 Å². The molecular formula is C19H23N3O2. The summed E-state index contributed by atoms with van der Waals surface area (Å²) >= 11 is 0. The van der Waals surface area contributed by atoms with Crippen LogP contribution in [0.15, 0.2) is 18.2 Å². The van der Waals surface area contributed by atoms with Crippen LogP contribution in [0.25, 0.3) is 10.9 Å². The molecule has 2 heterocycles. The van der Waals surface area contributed by atoms with Crippen molar-refractivity contribution in [3.8, 4) is 0 Å². The van der Waals surface area contributed by atoms with Crippen LogP contribution in [-0.4, -0.2) is 53.3 Å². The van der Waals surface area contributed by atoms with Gasteiger partial charge < -0.3 is 14.8 Å². The zero-order chi connectivity index (χ0) is 16.7. The molecule has 1 aromatic carbocycles. The fourth-order valence-corrected chi connectivity index (χ4v) is 4.05. The largest absolute Gasteiger partial charge is 0.358 e. The summed E-state index contributed by atoms with van der Waals surface area (Å²) in [5, 5.41) is 1.27. The lowest BCUT2D eigenvalue weighted by atomic mass is 9.85. The van der Waals surface area contributed by atoms with Crippen molar-refractivity contribution in [1.29, 1.82) is 0 Å². The number of nitrogens with one attached hydrogen (secondary N) is 1. The predicted octanol–water partition coefficient (Wildman–Crippen LogP) is 1.88. The minimum absolute atomic E-state index is 0.0693. The molecule has 1 aliphatic heterocycles. The van der Waals surface area contributed by atoms with E-state index in [9.17, 15) is 9.59 Å². The lowest BCUT2D eigenvalue weighted by Crippen LogP contribution is -2.50. The number of fused-ring (bicyclic) bond motifs is 3. The maximum atomic E-state index is 12.9. The fourth-order valence-electron chi connectivity index (χ4n) is 4.05. The molecule has 4 rings (SSSR count). The molecule has 5 nitrogen and oxygen atoms in total. The Bertz CT molecular complexity index is 787. The number of nitrogens with zero attached hydrogens (tertiary/aromatic N) is 2. The van der Waals surface area contributed by atoms with Gasteiger partial charge in [0.15, 0.2) is 0 Å². The van der Waals surface area contributed by atoms with Gasteiger partial charge in [-0.25, -0.2) is 0 Å². The molecule has 0 radical (unpaired) electrons. The van der Waals surface area contributed by atoms with Gasteiger partial charge in [-0.05, 0) is 43.9 Å². The first-order valence-electron chi connectivity index (χ1n) is 8.74. The first-order valence-corrected chi connectivity index (χ1v) is 8.74. The molecule has 126 valence electrons. The van der Waals surface area contributed by atoms with Crippen molar-refractivity contribution in [1.82, 2.24) is 14.8 Å². The van der Waals surface area contributed by atoms with Gasteiger partial charge in [0.25, 0.3) is 0 Å². The van der Waals surface area contributed by atoms with Crippen molar-refractivity contribution in [2.45, 2.75) is 26.2 Å². The summed E-state index contributed by atoms with van der Waals surface area (Å²) in [5.74, 6) is 0.327. The summed E-state index contributed by atoms with van der Waals surface area (Å²) in [6, 6.07) is 6.48. The van der Waals surface area contributed by atoms with Gasteiger partial charge in [-0.1, -0.05) is 11.6 Å². The van der Waals surface area contributed by atoms with Gasteiger partial charge in [-0.15, -0.1) is 0 Å². The van der Waals surface area contributed by atoms with E-state index in [1.54, 1.807) is 4.90 Å². The van der Waals surface area contributed by atoms with Gasteiger partial charge in [0.05, 0.1) is 0 Å². The third-order valence-corrected chi connectivity index (χ3v) is 5.47. The summed E-state index contributed by atoms with van der Waals surface area (Å²) in [4.78, 5) is 30.9. The Balaban J connectivity index is 1.53. The van der Waals surface area contributed by atoms with E-state index in [-0.39, 0.29) is 11.8 Å². The van der Waals surface area contributed by atoms with Crippen LogP contribution in [0.5, 0.6) is 0 Å². The molecule has 24 heavy (non-hydrogen) atoms. The van der Waals surface area contributed by atoms with Gasteiger partial charge in [-0.2, -0.15) is 0 Å². The zero-order valence-corrected chi connectivity index (χ0v) is 14.0. The number of carbonyl (C=O) groups is 2. The third kappa shape index (κ3) is 2.58. The summed E-state index contributed by atoms with van der Waals surface area (Å²) in [5.41, 5.74) is 5.05. The second kappa shape index (κ2) is 5.96. The van der Waals surface area contributed by atoms with E-state index in [4.69, 9.17) is 0 Å². The highest BCUT2D eigenvalue weighted by molar-refractivity contribution is 5.87. The van der Waals surface area contributed by atoms with E-state index in [0.29, 0.717) is 26.2 Å². The Kier molecular flexibility index (Phi) is 3.79. The minimum Gasteiger partial charge on any atom is -0.358 e. The van der Waals surface area contributed by atoms with Gasteiger partial charge in [0.1, 0.15) is 0 Å². The van der Waals surface area contributed by atoms with E-state index in [1.165, 1.54) is 27.7 Å². The van der Waals surface area contributed by atoms with E-state index in [1.807, 2.05) is 4.90 Å². The van der Waals surface area contributed by atoms with E-state index in [2.05, 4.69) is 30.1 Å². The topological polar surface area (TPSA) is 56.4 Å². The Hall–Kier alpha value is -2.30. The third-order valence-electron chi connectivity index (χ3n) is 5.47. The van der Waals surface area contributed by atoms with Crippen molar-refractivity contribution in [3.05, 3.63) is 35.0 Å². The van der Waals surface area contributed by atoms with Gasteiger partial charge in [0.2, 0.25) is 12.3 Å². The fraction of sp³-hybridized carbons (Fsp3) is 0.474. The van der Waals surface area contributed by atoms with Crippen molar-refractivity contribution in [2.75, 3.05) is 26.2 Å². The molecule has 2 aliphatic rings. The number of rotatable bonds is 2. The van der Waals surface area contributed by atoms with Crippen molar-refractivity contribution < 1.29 is 9.59 Å². The smallest absolute Gasteiger partial charge is 0.226 e. The lowest BCUT2D eigenvalue weighted by molar-refractivity contribution is -0.139. The molecule has 1 aliphatic carbocycles. The second-order valence-corrected chi connectivity index (χ2v) is 7.04. The quantitative estimate of drug-likeness (QED) is 0.857. The van der Waals surface area contributed by atoms with E-state index in [0.717, 1.165) is 25.7 Å². The Morgan fingerprint density at radius 3 is 2.79 bits per heavy atom. The zero-order valence-electron chi connectivity index (χ0n) is 14.0. The van der Waals surface area contributed by atoms with Gasteiger partial charge in [0, 0.05) is 48.7 Å². The number of aromatic amines is 1. The van der Waals surface area contributed by atoms with Gasteiger partial charge in [-0.3, -0.25) is 9.59 Å². The predicted molar refractivity (Wildman–Crippen MR) is 92.8 cm³/mol. The van der Waals surface area contributed by atoms with Crippen LogP contribution in [0.2, 0.25) is 0 Å².